The molecule has 1 aliphatic heterocycles. The smallest absolute Gasteiger partial charge is 0.192 e. The summed E-state index contributed by atoms with van der Waals surface area (Å²) in [6, 6.07) is 0. The third kappa shape index (κ3) is 1.70. The molecular formula is C10H13N5O5. The van der Waals surface area contributed by atoms with Gasteiger partial charge in [-0.3, -0.25) is 9.98 Å². The Morgan fingerprint density at radius 3 is 2.65 bits per heavy atom. The molecule has 0 aromatic carbocycles. The number of imidazole rings is 1. The Balaban J connectivity index is 2.08. The topological polar surface area (TPSA) is 150 Å². The van der Waals surface area contributed by atoms with Gasteiger partial charge in [-0.05, 0) is 0 Å². The fourth-order valence-corrected chi connectivity index (χ4v) is 2.22. The van der Waals surface area contributed by atoms with Gasteiger partial charge in [-0.2, -0.15) is 4.73 Å². The summed E-state index contributed by atoms with van der Waals surface area (Å²) in [7, 11) is 0. The molecule has 0 aliphatic carbocycles. The van der Waals surface area contributed by atoms with Crippen LogP contribution >= 0.6 is 0 Å². The number of rotatable bonds is 2. The Bertz CT molecular complexity index is 697. The molecule has 0 saturated carbocycles. The molecule has 2 aromatic rings. The van der Waals surface area contributed by atoms with Crippen LogP contribution in [0.15, 0.2) is 12.7 Å². The van der Waals surface area contributed by atoms with Crippen molar-refractivity contribution in [3.63, 3.8) is 0 Å². The first-order chi connectivity index (χ1) is 9.54. The Morgan fingerprint density at radius 1 is 1.25 bits per heavy atom. The Morgan fingerprint density at radius 2 is 2.00 bits per heavy atom. The highest BCUT2D eigenvalue weighted by molar-refractivity contribution is 5.68. The average Bonchev–Trinajstić information content (AvgIpc) is 2.98. The largest absolute Gasteiger partial charge is 0.425 e. The molecule has 5 N–H and O–H groups in total. The average molecular weight is 283 g/mol. The lowest BCUT2D eigenvalue weighted by atomic mass is 10.1. The van der Waals surface area contributed by atoms with Crippen LogP contribution in [0.3, 0.4) is 0 Å². The van der Waals surface area contributed by atoms with Crippen molar-refractivity contribution in [2.45, 2.75) is 24.5 Å². The maximum absolute atomic E-state index is 9.95. The number of hydrogen-bond donors (Lipinski definition) is 5. The second-order valence-electron chi connectivity index (χ2n) is 4.49. The highest BCUT2D eigenvalue weighted by Crippen LogP contribution is 2.30. The van der Waals surface area contributed by atoms with Crippen LogP contribution in [0.5, 0.6) is 0 Å². The van der Waals surface area contributed by atoms with Crippen LogP contribution < -0.4 is 5.49 Å². The van der Waals surface area contributed by atoms with Crippen molar-refractivity contribution >= 4 is 11.2 Å². The summed E-state index contributed by atoms with van der Waals surface area (Å²) in [6.45, 7) is -0.435. The van der Waals surface area contributed by atoms with Gasteiger partial charge in [-0.1, -0.05) is 0 Å². The molecular weight excluding hydrogens is 270 g/mol. The monoisotopic (exact) mass is 283 g/mol. The summed E-state index contributed by atoms with van der Waals surface area (Å²) < 4.78 is 7.22. The third-order valence-corrected chi connectivity index (χ3v) is 3.30. The minimum atomic E-state index is -1.26. The number of nitrogens with one attached hydrogen (secondary N) is 1. The predicted octanol–water partition coefficient (Wildman–Crippen LogP) is -2.44. The minimum Gasteiger partial charge on any atom is -0.425 e. The maximum Gasteiger partial charge on any atom is 0.192 e. The summed E-state index contributed by atoms with van der Waals surface area (Å²) in [5.41, 5.74) is 0.0726. The van der Waals surface area contributed by atoms with Crippen LogP contribution in [0, 0.1) is 5.41 Å². The van der Waals surface area contributed by atoms with Gasteiger partial charge in [0.15, 0.2) is 22.9 Å². The highest BCUT2D eigenvalue weighted by atomic mass is 16.6. The van der Waals surface area contributed by atoms with Crippen molar-refractivity contribution < 1.29 is 25.3 Å². The molecule has 3 heterocycles. The van der Waals surface area contributed by atoms with Gasteiger partial charge in [0.2, 0.25) is 0 Å². The van der Waals surface area contributed by atoms with Gasteiger partial charge in [0.1, 0.15) is 24.6 Å². The van der Waals surface area contributed by atoms with Crippen molar-refractivity contribution in [3.8, 4) is 0 Å². The predicted molar refractivity (Wildman–Crippen MR) is 61.6 cm³/mol. The van der Waals surface area contributed by atoms with Gasteiger partial charge >= 0.3 is 0 Å². The number of hydrogen-bond acceptors (Lipinski definition) is 8. The van der Waals surface area contributed by atoms with E-state index in [1.54, 1.807) is 0 Å². The van der Waals surface area contributed by atoms with Crippen molar-refractivity contribution in [2.75, 3.05) is 6.61 Å². The van der Waals surface area contributed by atoms with Crippen molar-refractivity contribution in [2.24, 2.45) is 0 Å². The lowest BCUT2D eigenvalue weighted by Crippen LogP contribution is -2.33. The number of nitrogens with zero attached hydrogens (tertiary/aromatic N) is 4. The zero-order valence-electron chi connectivity index (χ0n) is 10.2. The van der Waals surface area contributed by atoms with Crippen molar-refractivity contribution in [3.05, 3.63) is 18.1 Å². The van der Waals surface area contributed by atoms with E-state index in [0.717, 1.165) is 6.33 Å². The lowest BCUT2D eigenvalue weighted by molar-refractivity contribution is -0.0511. The van der Waals surface area contributed by atoms with Gasteiger partial charge in [-0.15, -0.1) is 0 Å². The molecule has 1 aliphatic rings. The van der Waals surface area contributed by atoms with E-state index in [9.17, 15) is 15.4 Å². The fourth-order valence-electron chi connectivity index (χ4n) is 2.22. The second kappa shape index (κ2) is 4.52. The van der Waals surface area contributed by atoms with Crippen LogP contribution in [-0.4, -0.2) is 64.7 Å². The van der Waals surface area contributed by atoms with Crippen LogP contribution in [0.2, 0.25) is 0 Å². The molecule has 108 valence electrons. The number of aliphatic hydroxyl groups is 3. The summed E-state index contributed by atoms with van der Waals surface area (Å²) in [5, 5.41) is 45.7. The molecule has 0 amide bonds. The van der Waals surface area contributed by atoms with E-state index in [1.165, 1.54) is 10.9 Å². The van der Waals surface area contributed by atoms with E-state index < -0.39 is 31.1 Å². The number of ether oxygens (including phenoxy) is 1. The van der Waals surface area contributed by atoms with Gasteiger partial charge in [-0.25, -0.2) is 9.97 Å². The van der Waals surface area contributed by atoms with E-state index in [0.29, 0.717) is 4.73 Å². The summed E-state index contributed by atoms with van der Waals surface area (Å²) >= 11 is 0. The van der Waals surface area contributed by atoms with Gasteiger partial charge in [0.25, 0.3) is 0 Å². The zero-order valence-corrected chi connectivity index (χ0v) is 10.2. The first-order valence-corrected chi connectivity index (χ1v) is 5.85. The van der Waals surface area contributed by atoms with E-state index in [-0.39, 0.29) is 16.7 Å². The molecule has 1 fully saturated rings. The molecule has 1 unspecified atom stereocenters. The standard InChI is InChI=1S/C10H13N5O5/c11-8-5-9(13-3-15(8)19)14(2-12-5)10-7(18)6(17)4(1-16)20-10/h2-4,6-7,10-11,16-19H,1H2/t4-,6?,7+,10-/m1/s1. The second-order valence-corrected chi connectivity index (χ2v) is 4.49. The maximum atomic E-state index is 9.95. The van der Waals surface area contributed by atoms with E-state index in [2.05, 4.69) is 9.97 Å². The minimum absolute atomic E-state index is 0.118. The van der Waals surface area contributed by atoms with Gasteiger partial charge < -0.3 is 25.3 Å². The van der Waals surface area contributed by atoms with E-state index >= 15 is 0 Å². The van der Waals surface area contributed by atoms with Crippen molar-refractivity contribution in [1.29, 1.82) is 5.41 Å². The van der Waals surface area contributed by atoms with Gasteiger partial charge in [0, 0.05) is 0 Å². The molecule has 0 bridgehead atoms. The number of aliphatic hydroxyl groups excluding tert-OH is 3. The Kier molecular flexibility index (Phi) is 2.94. The quantitative estimate of drug-likeness (QED) is 0.384. The summed E-state index contributed by atoms with van der Waals surface area (Å²) in [5.74, 6) is 0. The molecule has 2 aromatic heterocycles. The first kappa shape index (κ1) is 13.0. The van der Waals surface area contributed by atoms with E-state index in [4.69, 9.17) is 15.3 Å². The molecule has 1 saturated heterocycles. The lowest BCUT2D eigenvalue weighted by Gasteiger charge is -2.16. The normalized spacial score (nSPS) is 30.1. The van der Waals surface area contributed by atoms with E-state index in [1.807, 2.05) is 0 Å². The van der Waals surface area contributed by atoms with Crippen LogP contribution in [0.4, 0.5) is 0 Å². The molecule has 10 heteroatoms. The fraction of sp³-hybridized carbons (Fsp3) is 0.500. The highest BCUT2D eigenvalue weighted by Gasteiger charge is 2.43. The van der Waals surface area contributed by atoms with Crippen LogP contribution in [0.25, 0.3) is 11.2 Å². The molecule has 0 spiro atoms. The molecule has 4 atom stereocenters. The van der Waals surface area contributed by atoms with Crippen molar-refractivity contribution in [1.82, 2.24) is 19.3 Å². The Hall–Kier alpha value is -2.01. The number of aromatic nitrogens is 4. The molecule has 3 rings (SSSR count). The SMILES string of the molecule is N=c1c2ncn([C@@H]3O[C@H](CO)C(O)[C@@H]3O)c2ncn1O. The summed E-state index contributed by atoms with van der Waals surface area (Å²) in [4.78, 5) is 7.85. The number of fused-ring (bicyclic) bond motifs is 1. The summed E-state index contributed by atoms with van der Waals surface area (Å²) in [6.07, 6.45) is -2.07. The van der Waals surface area contributed by atoms with Crippen LogP contribution in [-0.2, 0) is 4.74 Å². The van der Waals surface area contributed by atoms with Gasteiger partial charge in [0.05, 0.1) is 12.9 Å². The molecule has 10 nitrogen and oxygen atoms in total. The molecule has 20 heavy (non-hydrogen) atoms. The first-order valence-electron chi connectivity index (χ1n) is 5.85. The third-order valence-electron chi connectivity index (χ3n) is 3.30. The van der Waals surface area contributed by atoms with Crippen LogP contribution in [0.1, 0.15) is 6.23 Å². The Labute approximate surface area is 111 Å². The molecule has 0 radical (unpaired) electrons. The zero-order chi connectivity index (χ0) is 14.4.